The van der Waals surface area contributed by atoms with E-state index in [1.165, 1.54) is 85.8 Å². The van der Waals surface area contributed by atoms with Crippen molar-refractivity contribution in [3.05, 3.63) is 45.3 Å². The molecule has 0 unspecified atom stereocenters. The molecule has 1 aromatic carbocycles. The number of unbranched alkanes of at least 4 members (excludes halogenated alkanes) is 6. The van der Waals surface area contributed by atoms with E-state index in [4.69, 9.17) is 0 Å². The fraction of sp³-hybridized carbons (Fsp3) is 0.500. The van der Waals surface area contributed by atoms with Gasteiger partial charge in [-0.2, -0.15) is 0 Å². The van der Waals surface area contributed by atoms with E-state index in [9.17, 15) is 0 Å². The summed E-state index contributed by atoms with van der Waals surface area (Å²) in [6, 6.07) is 4.84. The molecule has 0 aliphatic heterocycles. The van der Waals surface area contributed by atoms with E-state index in [1.54, 1.807) is 11.1 Å². The first-order chi connectivity index (χ1) is 11.8. The zero-order chi connectivity index (χ0) is 16.8. The highest BCUT2D eigenvalue weighted by Crippen LogP contribution is 2.31. The second kappa shape index (κ2) is 8.51. The van der Waals surface area contributed by atoms with Crippen LogP contribution in [0.15, 0.2) is 23.8 Å². The van der Waals surface area contributed by atoms with Crippen molar-refractivity contribution in [2.75, 3.05) is 0 Å². The maximum Gasteiger partial charge on any atom is -0.0143 e. The molecule has 0 radical (unpaired) electrons. The van der Waals surface area contributed by atoms with E-state index < -0.39 is 0 Å². The summed E-state index contributed by atoms with van der Waals surface area (Å²) in [5, 5.41) is 2.87. The first-order valence-corrected chi connectivity index (χ1v) is 10.1. The molecule has 2 aliphatic rings. The zero-order valence-electron chi connectivity index (χ0n) is 15.5. The average molecular weight is 321 g/mol. The molecule has 0 bridgehead atoms. The molecular formula is C24H32. The van der Waals surface area contributed by atoms with Crippen LogP contribution in [0.1, 0.15) is 89.2 Å². The quantitative estimate of drug-likeness (QED) is 0.465. The molecule has 0 saturated carbocycles. The van der Waals surface area contributed by atoms with Crippen LogP contribution in [0.3, 0.4) is 0 Å². The molecular weight excluding hydrogens is 288 g/mol. The lowest BCUT2D eigenvalue weighted by molar-refractivity contribution is 0.665. The van der Waals surface area contributed by atoms with Crippen molar-refractivity contribution in [3.8, 4) is 0 Å². The largest absolute Gasteiger partial charge is 0.0654 e. The SMILES string of the molecule is CCCCCCC1=C(CCCCCC)c2cc3c(cc2=C1)C=CC=3. The second-order valence-electron chi connectivity index (χ2n) is 7.36. The predicted molar refractivity (Wildman–Crippen MR) is 108 cm³/mol. The normalized spacial score (nSPS) is 14.6. The van der Waals surface area contributed by atoms with Crippen LogP contribution in [-0.4, -0.2) is 0 Å². The number of fused-ring (bicyclic) bond motifs is 2. The number of rotatable bonds is 10. The predicted octanol–water partition coefficient (Wildman–Crippen LogP) is 5.98. The third-order valence-electron chi connectivity index (χ3n) is 5.43. The Hall–Kier alpha value is -1.56. The van der Waals surface area contributed by atoms with Gasteiger partial charge in [0.05, 0.1) is 0 Å². The van der Waals surface area contributed by atoms with Gasteiger partial charge in [-0.15, -0.1) is 0 Å². The van der Waals surface area contributed by atoms with Crippen LogP contribution in [0.2, 0.25) is 0 Å². The van der Waals surface area contributed by atoms with E-state index in [2.05, 4.69) is 50.3 Å². The molecule has 3 rings (SSSR count). The fourth-order valence-electron chi connectivity index (χ4n) is 4.01. The Bertz CT molecular complexity index is 743. The standard InChI is InChI=1S/C24H32/c1-3-5-7-9-12-21-17-22-16-19-13-11-14-20(19)18-24(22)23(21)15-10-8-6-4-2/h11,13-14,16-18H,3-10,12,15H2,1-2H3. The van der Waals surface area contributed by atoms with E-state index in [1.807, 2.05) is 0 Å². The number of allylic oxidation sites excluding steroid dienone is 3. The van der Waals surface area contributed by atoms with Crippen molar-refractivity contribution < 1.29 is 0 Å². The van der Waals surface area contributed by atoms with Gasteiger partial charge in [-0.05, 0) is 70.5 Å². The lowest BCUT2D eigenvalue weighted by Crippen LogP contribution is -2.14. The molecule has 0 spiro atoms. The molecule has 0 nitrogen and oxygen atoms in total. The Labute approximate surface area is 147 Å². The Morgan fingerprint density at radius 1 is 0.750 bits per heavy atom. The molecule has 0 atom stereocenters. The number of hydrogen-bond donors (Lipinski definition) is 0. The van der Waals surface area contributed by atoms with E-state index >= 15 is 0 Å². The Morgan fingerprint density at radius 2 is 1.50 bits per heavy atom. The third-order valence-corrected chi connectivity index (χ3v) is 5.43. The molecule has 0 heteroatoms. The lowest BCUT2D eigenvalue weighted by atomic mass is 9.95. The molecule has 128 valence electrons. The summed E-state index contributed by atoms with van der Waals surface area (Å²) in [5.41, 5.74) is 6.20. The minimum atomic E-state index is 1.26. The highest BCUT2D eigenvalue weighted by molar-refractivity contribution is 5.84. The molecule has 0 saturated heterocycles. The van der Waals surface area contributed by atoms with Crippen LogP contribution in [0, 0.1) is 0 Å². The van der Waals surface area contributed by atoms with Gasteiger partial charge in [0.1, 0.15) is 0 Å². The summed E-state index contributed by atoms with van der Waals surface area (Å²) in [7, 11) is 0. The van der Waals surface area contributed by atoms with Crippen LogP contribution >= 0.6 is 0 Å². The molecule has 0 aromatic heterocycles. The second-order valence-corrected chi connectivity index (χ2v) is 7.36. The maximum atomic E-state index is 2.49. The van der Waals surface area contributed by atoms with Gasteiger partial charge in [-0.3, -0.25) is 0 Å². The fourth-order valence-corrected chi connectivity index (χ4v) is 4.01. The monoisotopic (exact) mass is 320 g/mol. The summed E-state index contributed by atoms with van der Waals surface area (Å²) in [4.78, 5) is 0. The van der Waals surface area contributed by atoms with Crippen LogP contribution in [0.4, 0.5) is 0 Å². The van der Waals surface area contributed by atoms with Crippen molar-refractivity contribution in [2.45, 2.75) is 78.1 Å². The van der Waals surface area contributed by atoms with Gasteiger partial charge in [0.2, 0.25) is 0 Å². The summed E-state index contributed by atoms with van der Waals surface area (Å²) in [6.07, 6.45) is 22.5. The minimum Gasteiger partial charge on any atom is -0.0654 e. The minimum absolute atomic E-state index is 1.26. The van der Waals surface area contributed by atoms with Crippen LogP contribution in [0.5, 0.6) is 0 Å². The topological polar surface area (TPSA) is 0 Å². The Morgan fingerprint density at radius 3 is 2.25 bits per heavy atom. The summed E-state index contributed by atoms with van der Waals surface area (Å²) in [6.45, 7) is 4.59. The molecule has 1 aromatic rings. The van der Waals surface area contributed by atoms with Gasteiger partial charge in [0.25, 0.3) is 0 Å². The van der Waals surface area contributed by atoms with Gasteiger partial charge >= 0.3 is 0 Å². The highest BCUT2D eigenvalue weighted by atomic mass is 14.2. The molecule has 0 amide bonds. The van der Waals surface area contributed by atoms with E-state index in [-0.39, 0.29) is 0 Å². The number of benzene rings is 1. The number of hydrogen-bond acceptors (Lipinski definition) is 0. The van der Waals surface area contributed by atoms with Crippen molar-refractivity contribution in [2.24, 2.45) is 0 Å². The average Bonchev–Trinajstić information content (AvgIpc) is 3.17. The van der Waals surface area contributed by atoms with Gasteiger partial charge in [-0.25, -0.2) is 0 Å². The molecule has 2 aliphatic carbocycles. The maximum absolute atomic E-state index is 2.49. The van der Waals surface area contributed by atoms with Crippen LogP contribution < -0.4 is 10.4 Å². The summed E-state index contributed by atoms with van der Waals surface area (Å²) >= 11 is 0. The van der Waals surface area contributed by atoms with Gasteiger partial charge < -0.3 is 0 Å². The third kappa shape index (κ3) is 3.91. The first-order valence-electron chi connectivity index (χ1n) is 10.1. The smallest absolute Gasteiger partial charge is 0.0143 e. The van der Waals surface area contributed by atoms with Gasteiger partial charge in [0, 0.05) is 0 Å². The van der Waals surface area contributed by atoms with Crippen molar-refractivity contribution in [1.82, 2.24) is 0 Å². The van der Waals surface area contributed by atoms with Crippen molar-refractivity contribution >= 4 is 23.8 Å². The Balaban J connectivity index is 1.79. The summed E-state index contributed by atoms with van der Waals surface area (Å²) in [5.74, 6) is 0. The first kappa shape index (κ1) is 17.3. The van der Waals surface area contributed by atoms with E-state index in [0.717, 1.165) is 0 Å². The van der Waals surface area contributed by atoms with Gasteiger partial charge in [-0.1, -0.05) is 76.7 Å². The molecule has 0 heterocycles. The van der Waals surface area contributed by atoms with Gasteiger partial charge in [0.15, 0.2) is 0 Å². The highest BCUT2D eigenvalue weighted by Gasteiger charge is 2.16. The van der Waals surface area contributed by atoms with Crippen molar-refractivity contribution in [1.29, 1.82) is 0 Å². The lowest BCUT2D eigenvalue weighted by Gasteiger charge is -2.10. The Kier molecular flexibility index (Phi) is 6.12. The zero-order valence-corrected chi connectivity index (χ0v) is 15.5. The van der Waals surface area contributed by atoms with Crippen molar-refractivity contribution in [3.63, 3.8) is 0 Å². The van der Waals surface area contributed by atoms with E-state index in [0.29, 0.717) is 0 Å². The van der Waals surface area contributed by atoms with Crippen LogP contribution in [-0.2, 0) is 0 Å². The molecule has 0 N–H and O–H groups in total. The molecule has 24 heavy (non-hydrogen) atoms. The molecule has 0 fully saturated rings. The van der Waals surface area contributed by atoms with Crippen LogP contribution in [0.25, 0.3) is 23.8 Å². The summed E-state index contributed by atoms with van der Waals surface area (Å²) < 4.78 is 0.